The maximum Gasteiger partial charge on any atom is 0.315 e. The molecule has 3 amide bonds. The summed E-state index contributed by atoms with van der Waals surface area (Å²) in [5.41, 5.74) is -1.33. The van der Waals surface area contributed by atoms with Crippen LogP contribution in [0.15, 0.2) is 0 Å². The lowest BCUT2D eigenvalue weighted by atomic mass is 9.83. The van der Waals surface area contributed by atoms with Crippen LogP contribution in [0, 0.1) is 34.0 Å². The van der Waals surface area contributed by atoms with Gasteiger partial charge in [0, 0.05) is 44.4 Å². The molecule has 2 heterocycles. The molecule has 3 fully saturated rings. The molecule has 0 aromatic rings. The topological polar surface area (TPSA) is 150 Å². The standard InChI is InChI=1S/C34H58N4O7S/c1-11-14-21(28(41)23(39)15-12-2)18-24(40)27-26-22(34(26,9)10)19-38(27)30(42)29(33(6,7)8)36-31(43)35-25(32(3,4)5)20-37-16-13-17-46(37,44)45/h21-22,25-27,29H,11-20H2,1-10H3,(H2,35,36,43)/t21?,22-,25+,26-,27+,29+/m0/s1. The van der Waals surface area contributed by atoms with Gasteiger partial charge in [0.25, 0.3) is 0 Å². The van der Waals surface area contributed by atoms with Gasteiger partial charge in [-0.3, -0.25) is 19.2 Å². The van der Waals surface area contributed by atoms with E-state index in [1.54, 1.807) is 4.90 Å². The Labute approximate surface area is 276 Å². The van der Waals surface area contributed by atoms with E-state index in [4.69, 9.17) is 0 Å². The van der Waals surface area contributed by atoms with E-state index in [1.807, 2.05) is 55.4 Å². The third-order valence-corrected chi connectivity index (χ3v) is 12.3. The molecule has 1 saturated carbocycles. The minimum Gasteiger partial charge on any atom is -0.334 e. The molecule has 11 nitrogen and oxygen atoms in total. The van der Waals surface area contributed by atoms with Gasteiger partial charge in [-0.2, -0.15) is 4.31 Å². The Morgan fingerprint density at radius 2 is 1.57 bits per heavy atom. The van der Waals surface area contributed by atoms with Gasteiger partial charge in [0.15, 0.2) is 11.6 Å². The maximum absolute atomic E-state index is 14.3. The second kappa shape index (κ2) is 14.0. The summed E-state index contributed by atoms with van der Waals surface area (Å²) in [5, 5.41) is 5.83. The van der Waals surface area contributed by atoms with Crippen LogP contribution >= 0.6 is 0 Å². The summed E-state index contributed by atoms with van der Waals surface area (Å²) in [5.74, 6) is -2.07. The van der Waals surface area contributed by atoms with Gasteiger partial charge < -0.3 is 15.5 Å². The van der Waals surface area contributed by atoms with Crippen molar-refractivity contribution in [2.24, 2.45) is 34.0 Å². The molecule has 1 unspecified atom stereocenters. The van der Waals surface area contributed by atoms with E-state index in [1.165, 1.54) is 4.31 Å². The fourth-order valence-corrected chi connectivity index (χ4v) is 8.82. The average Bonchev–Trinajstić information content (AvgIpc) is 3.23. The van der Waals surface area contributed by atoms with Crippen LogP contribution in [0.1, 0.15) is 108 Å². The van der Waals surface area contributed by atoms with Crippen molar-refractivity contribution in [2.75, 3.05) is 25.4 Å². The molecule has 2 saturated heterocycles. The highest BCUT2D eigenvalue weighted by atomic mass is 32.2. The van der Waals surface area contributed by atoms with Crippen molar-refractivity contribution >= 4 is 39.3 Å². The number of carbonyl (C=O) groups is 5. The van der Waals surface area contributed by atoms with Crippen LogP contribution in [0.4, 0.5) is 4.79 Å². The summed E-state index contributed by atoms with van der Waals surface area (Å²) in [4.78, 5) is 68.9. The summed E-state index contributed by atoms with van der Waals surface area (Å²) in [7, 11) is -3.37. The van der Waals surface area contributed by atoms with Gasteiger partial charge >= 0.3 is 6.03 Å². The van der Waals surface area contributed by atoms with Gasteiger partial charge in [-0.1, -0.05) is 75.7 Å². The first-order chi connectivity index (χ1) is 21.1. The quantitative estimate of drug-likeness (QED) is 0.267. The number of amides is 3. The number of nitrogens with one attached hydrogen (secondary N) is 2. The number of hydrogen-bond acceptors (Lipinski definition) is 7. The molecule has 0 spiro atoms. The molecule has 0 radical (unpaired) electrons. The molecule has 12 heteroatoms. The first-order valence-electron chi connectivity index (χ1n) is 17.0. The molecule has 6 atom stereocenters. The van der Waals surface area contributed by atoms with E-state index >= 15 is 0 Å². The smallest absolute Gasteiger partial charge is 0.315 e. The van der Waals surface area contributed by atoms with Gasteiger partial charge in [-0.25, -0.2) is 13.2 Å². The Balaban J connectivity index is 1.82. The van der Waals surface area contributed by atoms with E-state index in [9.17, 15) is 32.4 Å². The van der Waals surface area contributed by atoms with Crippen LogP contribution < -0.4 is 10.6 Å². The summed E-state index contributed by atoms with van der Waals surface area (Å²) < 4.78 is 26.4. The Bertz CT molecular complexity index is 1300. The van der Waals surface area contributed by atoms with E-state index in [2.05, 4.69) is 24.5 Å². The minimum absolute atomic E-state index is 0.0604. The highest BCUT2D eigenvalue weighted by molar-refractivity contribution is 7.89. The number of rotatable bonds is 14. The Morgan fingerprint density at radius 3 is 2.07 bits per heavy atom. The number of piperidine rings is 1. The van der Waals surface area contributed by atoms with E-state index in [-0.39, 0.29) is 54.1 Å². The molecule has 0 bridgehead atoms. The number of sulfonamides is 1. The molecule has 46 heavy (non-hydrogen) atoms. The van der Waals surface area contributed by atoms with Crippen LogP contribution in [-0.4, -0.2) is 90.4 Å². The largest absolute Gasteiger partial charge is 0.334 e. The third-order valence-electron chi connectivity index (χ3n) is 10.4. The van der Waals surface area contributed by atoms with Crippen LogP contribution in [0.2, 0.25) is 0 Å². The number of Topliss-reactive ketones (excluding diaryl/α,β-unsaturated/α-hetero) is 3. The zero-order valence-corrected chi connectivity index (χ0v) is 30.5. The second-order valence-corrected chi connectivity index (χ2v) is 18.5. The highest BCUT2D eigenvalue weighted by Crippen LogP contribution is 2.65. The molecule has 3 rings (SSSR count). The van der Waals surface area contributed by atoms with Crippen molar-refractivity contribution in [3.63, 3.8) is 0 Å². The molecular weight excluding hydrogens is 608 g/mol. The van der Waals surface area contributed by atoms with Crippen LogP contribution in [0.25, 0.3) is 0 Å². The van der Waals surface area contributed by atoms with Gasteiger partial charge in [-0.05, 0) is 47.3 Å². The first kappa shape index (κ1) is 38.1. The lowest BCUT2D eigenvalue weighted by Gasteiger charge is -2.39. The van der Waals surface area contributed by atoms with Crippen LogP contribution in [0.5, 0.6) is 0 Å². The third kappa shape index (κ3) is 8.38. The maximum atomic E-state index is 14.3. The molecule has 2 aliphatic heterocycles. The van der Waals surface area contributed by atoms with Crippen molar-refractivity contribution in [1.82, 2.24) is 19.8 Å². The molecule has 1 aliphatic carbocycles. The number of likely N-dealkylation sites (tertiary alicyclic amines) is 1. The number of urea groups is 1. The van der Waals surface area contributed by atoms with Crippen molar-refractivity contribution in [3.8, 4) is 0 Å². The molecular formula is C34H58N4O7S. The monoisotopic (exact) mass is 666 g/mol. The summed E-state index contributed by atoms with van der Waals surface area (Å²) in [6.45, 7) is 20.2. The van der Waals surface area contributed by atoms with E-state index < -0.39 is 62.5 Å². The molecule has 262 valence electrons. The number of nitrogens with zero attached hydrogens (tertiary/aromatic N) is 2. The summed E-state index contributed by atoms with van der Waals surface area (Å²) in [6.07, 6.45) is 2.25. The Hall–Kier alpha value is -2.34. The predicted octanol–water partition coefficient (Wildman–Crippen LogP) is 3.95. The zero-order valence-electron chi connectivity index (χ0n) is 29.7. The van der Waals surface area contributed by atoms with E-state index in [0.29, 0.717) is 38.8 Å². The Kier molecular flexibility index (Phi) is 11.6. The molecule has 2 N–H and O–H groups in total. The molecule has 0 aromatic heterocycles. The summed E-state index contributed by atoms with van der Waals surface area (Å²) in [6, 6.07) is -2.81. The zero-order chi connectivity index (χ0) is 35.0. The van der Waals surface area contributed by atoms with Crippen LogP contribution in [-0.2, 0) is 29.2 Å². The normalized spacial score (nSPS) is 25.7. The number of carbonyl (C=O) groups excluding carboxylic acids is 5. The molecule has 3 aliphatic rings. The van der Waals surface area contributed by atoms with Gasteiger partial charge in [0.1, 0.15) is 6.04 Å². The number of fused-ring (bicyclic) bond motifs is 1. The SMILES string of the molecule is CCCC(=O)C(=O)C(CCC)CC(=O)[C@@H]1[C@@H]2[C@H](CN1C(=O)[C@@H](NC(=O)N[C@H](CN1CCCS1(=O)=O)C(C)(C)C)C(C)(C)C)C2(C)C. The summed E-state index contributed by atoms with van der Waals surface area (Å²) >= 11 is 0. The fraction of sp³-hybridized carbons (Fsp3) is 0.853. The predicted molar refractivity (Wildman–Crippen MR) is 177 cm³/mol. The van der Waals surface area contributed by atoms with Crippen LogP contribution in [0.3, 0.4) is 0 Å². The molecule has 0 aromatic carbocycles. The van der Waals surface area contributed by atoms with Gasteiger partial charge in [-0.15, -0.1) is 0 Å². The van der Waals surface area contributed by atoms with Crippen molar-refractivity contribution in [3.05, 3.63) is 0 Å². The fourth-order valence-electron chi connectivity index (χ4n) is 7.28. The lowest BCUT2D eigenvalue weighted by Crippen LogP contribution is -2.61. The number of ketones is 3. The second-order valence-electron chi connectivity index (χ2n) is 16.4. The minimum atomic E-state index is -3.37. The van der Waals surface area contributed by atoms with Crippen molar-refractivity contribution in [2.45, 2.75) is 126 Å². The number of hydrogen-bond donors (Lipinski definition) is 2. The highest BCUT2D eigenvalue weighted by Gasteiger charge is 2.69. The van der Waals surface area contributed by atoms with Crippen molar-refractivity contribution in [1.29, 1.82) is 0 Å². The van der Waals surface area contributed by atoms with E-state index in [0.717, 1.165) is 0 Å². The van der Waals surface area contributed by atoms with Gasteiger partial charge in [0.2, 0.25) is 21.7 Å². The first-order valence-corrected chi connectivity index (χ1v) is 18.6. The Morgan fingerprint density at radius 1 is 0.935 bits per heavy atom. The lowest BCUT2D eigenvalue weighted by molar-refractivity contribution is -0.144. The average molecular weight is 667 g/mol. The van der Waals surface area contributed by atoms with Gasteiger partial charge in [0.05, 0.1) is 11.8 Å². The van der Waals surface area contributed by atoms with Crippen molar-refractivity contribution < 1.29 is 32.4 Å².